The number of nitrogens with zero attached hydrogens (tertiary/aromatic N) is 1. The predicted octanol–water partition coefficient (Wildman–Crippen LogP) is 2.14. The summed E-state index contributed by atoms with van der Waals surface area (Å²) in [5.41, 5.74) is 0.104. The van der Waals surface area contributed by atoms with E-state index in [1.165, 1.54) is 6.54 Å². The van der Waals surface area contributed by atoms with Gasteiger partial charge in [0.25, 0.3) is 0 Å². The summed E-state index contributed by atoms with van der Waals surface area (Å²) in [5.74, 6) is 0.763. The van der Waals surface area contributed by atoms with E-state index in [2.05, 4.69) is 32.6 Å². The first-order valence-electron chi connectivity index (χ1n) is 5.42. The Hall–Kier alpha value is -0.0800. The molecule has 2 heteroatoms. The molecule has 0 aromatic carbocycles. The highest BCUT2D eigenvalue weighted by atomic mass is 16.5. The fraction of sp³-hybridized carbons (Fsp3) is 1.00. The van der Waals surface area contributed by atoms with Crippen molar-refractivity contribution < 1.29 is 4.74 Å². The maximum Gasteiger partial charge on any atom is 0.0778 e. The molecule has 0 aromatic rings. The molecule has 78 valence electrons. The van der Waals surface area contributed by atoms with Gasteiger partial charge in [0.05, 0.1) is 12.2 Å². The van der Waals surface area contributed by atoms with Crippen molar-refractivity contribution in [1.29, 1.82) is 0 Å². The lowest BCUT2D eigenvalue weighted by atomic mass is 10.0. The van der Waals surface area contributed by atoms with Gasteiger partial charge >= 0.3 is 0 Å². The van der Waals surface area contributed by atoms with Gasteiger partial charge in [-0.3, -0.25) is 4.90 Å². The third kappa shape index (κ3) is 3.28. The average Bonchev–Trinajstić information content (AvgIpc) is 2.03. The van der Waals surface area contributed by atoms with E-state index < -0.39 is 0 Å². The minimum Gasteiger partial charge on any atom is -0.373 e. The Labute approximate surface area is 82.3 Å². The number of ether oxygens (including phenoxy) is 1. The summed E-state index contributed by atoms with van der Waals surface area (Å²) in [6, 6.07) is 0. The standard InChI is InChI=1S/C11H23NO/c1-5-11(4)9-12(6-7-13-11)8-10(2)3/h10H,5-9H2,1-4H3. The summed E-state index contributed by atoms with van der Waals surface area (Å²) in [4.78, 5) is 2.53. The average molecular weight is 185 g/mol. The van der Waals surface area contributed by atoms with E-state index in [1.54, 1.807) is 0 Å². The molecular formula is C11H23NO. The summed E-state index contributed by atoms with van der Waals surface area (Å²) in [6.07, 6.45) is 1.11. The lowest BCUT2D eigenvalue weighted by molar-refractivity contribution is -0.101. The van der Waals surface area contributed by atoms with Crippen molar-refractivity contribution in [3.8, 4) is 0 Å². The second kappa shape index (κ2) is 4.43. The Morgan fingerprint density at radius 1 is 1.46 bits per heavy atom. The van der Waals surface area contributed by atoms with E-state index in [0.29, 0.717) is 0 Å². The van der Waals surface area contributed by atoms with Crippen LogP contribution in [0.15, 0.2) is 0 Å². The van der Waals surface area contributed by atoms with Crippen LogP contribution in [0.5, 0.6) is 0 Å². The first kappa shape index (κ1) is 11.0. The van der Waals surface area contributed by atoms with Crippen LogP contribution in [-0.4, -0.2) is 36.7 Å². The summed E-state index contributed by atoms with van der Waals surface area (Å²) < 4.78 is 5.78. The van der Waals surface area contributed by atoms with Crippen LogP contribution in [0.1, 0.15) is 34.1 Å². The van der Waals surface area contributed by atoms with Crippen LogP contribution in [-0.2, 0) is 4.74 Å². The molecule has 1 atom stereocenters. The summed E-state index contributed by atoms with van der Waals surface area (Å²) in [6.45, 7) is 13.3. The Bertz CT molecular complexity index is 158. The largest absolute Gasteiger partial charge is 0.373 e. The molecule has 0 saturated carbocycles. The molecule has 0 amide bonds. The minimum atomic E-state index is 0.104. The third-order valence-electron chi connectivity index (χ3n) is 2.79. The van der Waals surface area contributed by atoms with Crippen molar-refractivity contribution in [2.24, 2.45) is 5.92 Å². The summed E-state index contributed by atoms with van der Waals surface area (Å²) in [7, 11) is 0. The van der Waals surface area contributed by atoms with Gasteiger partial charge in [0, 0.05) is 19.6 Å². The number of rotatable bonds is 3. The Kier molecular flexibility index (Phi) is 3.74. The van der Waals surface area contributed by atoms with Crippen molar-refractivity contribution in [2.45, 2.75) is 39.7 Å². The summed E-state index contributed by atoms with van der Waals surface area (Å²) >= 11 is 0. The lowest BCUT2D eigenvalue weighted by Crippen LogP contribution is -2.50. The zero-order chi connectivity index (χ0) is 9.90. The van der Waals surface area contributed by atoms with Crippen LogP contribution < -0.4 is 0 Å². The first-order valence-corrected chi connectivity index (χ1v) is 5.42. The van der Waals surface area contributed by atoms with E-state index in [-0.39, 0.29) is 5.60 Å². The highest BCUT2D eigenvalue weighted by Gasteiger charge is 2.30. The monoisotopic (exact) mass is 185 g/mol. The molecule has 2 nitrogen and oxygen atoms in total. The Morgan fingerprint density at radius 2 is 2.15 bits per heavy atom. The first-order chi connectivity index (χ1) is 6.06. The van der Waals surface area contributed by atoms with Gasteiger partial charge in [-0.2, -0.15) is 0 Å². The van der Waals surface area contributed by atoms with E-state index in [1.807, 2.05) is 0 Å². The van der Waals surface area contributed by atoms with Gasteiger partial charge < -0.3 is 4.74 Å². The fourth-order valence-corrected chi connectivity index (χ4v) is 1.90. The molecule has 1 aliphatic rings. The second-order valence-corrected chi connectivity index (χ2v) is 4.78. The molecule has 0 radical (unpaired) electrons. The van der Waals surface area contributed by atoms with Gasteiger partial charge in [-0.05, 0) is 19.3 Å². The van der Waals surface area contributed by atoms with Crippen molar-refractivity contribution in [2.75, 3.05) is 26.2 Å². The highest BCUT2D eigenvalue weighted by molar-refractivity contribution is 4.82. The van der Waals surface area contributed by atoms with Gasteiger partial charge in [-0.1, -0.05) is 20.8 Å². The maximum atomic E-state index is 5.78. The van der Waals surface area contributed by atoms with Gasteiger partial charge in [-0.25, -0.2) is 0 Å². The van der Waals surface area contributed by atoms with Gasteiger partial charge in [-0.15, -0.1) is 0 Å². The van der Waals surface area contributed by atoms with Crippen molar-refractivity contribution in [1.82, 2.24) is 4.90 Å². The smallest absolute Gasteiger partial charge is 0.0778 e. The fourth-order valence-electron chi connectivity index (χ4n) is 1.90. The Balaban J connectivity index is 2.42. The topological polar surface area (TPSA) is 12.5 Å². The molecular weight excluding hydrogens is 162 g/mol. The molecule has 1 saturated heterocycles. The molecule has 0 aliphatic carbocycles. The van der Waals surface area contributed by atoms with Crippen LogP contribution in [0.25, 0.3) is 0 Å². The SMILES string of the molecule is CCC1(C)CN(CC(C)C)CCO1. The summed E-state index contributed by atoms with van der Waals surface area (Å²) in [5, 5.41) is 0. The number of hydrogen-bond donors (Lipinski definition) is 0. The van der Waals surface area contributed by atoms with Gasteiger partial charge in [0.2, 0.25) is 0 Å². The molecule has 1 aliphatic heterocycles. The third-order valence-corrected chi connectivity index (χ3v) is 2.79. The molecule has 0 bridgehead atoms. The zero-order valence-electron chi connectivity index (χ0n) is 9.47. The quantitative estimate of drug-likeness (QED) is 0.668. The van der Waals surface area contributed by atoms with Gasteiger partial charge in [0.1, 0.15) is 0 Å². The van der Waals surface area contributed by atoms with E-state index in [0.717, 1.165) is 32.0 Å². The van der Waals surface area contributed by atoms with E-state index >= 15 is 0 Å². The molecule has 1 rings (SSSR count). The number of morpholine rings is 1. The maximum absolute atomic E-state index is 5.78. The van der Waals surface area contributed by atoms with Crippen LogP contribution in [0.2, 0.25) is 0 Å². The van der Waals surface area contributed by atoms with Crippen LogP contribution >= 0.6 is 0 Å². The molecule has 1 unspecified atom stereocenters. The van der Waals surface area contributed by atoms with Gasteiger partial charge in [0.15, 0.2) is 0 Å². The highest BCUT2D eigenvalue weighted by Crippen LogP contribution is 2.21. The molecule has 0 N–H and O–H groups in total. The molecule has 1 heterocycles. The Morgan fingerprint density at radius 3 is 2.69 bits per heavy atom. The van der Waals surface area contributed by atoms with Crippen molar-refractivity contribution in [3.63, 3.8) is 0 Å². The van der Waals surface area contributed by atoms with Crippen molar-refractivity contribution >= 4 is 0 Å². The van der Waals surface area contributed by atoms with E-state index in [4.69, 9.17) is 4.74 Å². The molecule has 0 spiro atoms. The molecule has 1 fully saturated rings. The number of hydrogen-bond acceptors (Lipinski definition) is 2. The van der Waals surface area contributed by atoms with E-state index in [9.17, 15) is 0 Å². The second-order valence-electron chi connectivity index (χ2n) is 4.78. The van der Waals surface area contributed by atoms with Crippen molar-refractivity contribution in [3.05, 3.63) is 0 Å². The zero-order valence-corrected chi connectivity index (χ0v) is 9.47. The molecule has 0 aromatic heterocycles. The molecule has 13 heavy (non-hydrogen) atoms. The predicted molar refractivity (Wildman–Crippen MR) is 55.9 cm³/mol. The van der Waals surface area contributed by atoms with Crippen LogP contribution in [0.4, 0.5) is 0 Å². The van der Waals surface area contributed by atoms with Crippen LogP contribution in [0.3, 0.4) is 0 Å². The van der Waals surface area contributed by atoms with Crippen LogP contribution in [0, 0.1) is 5.92 Å². The normalized spacial score (nSPS) is 31.2. The minimum absolute atomic E-state index is 0.104. The lowest BCUT2D eigenvalue weighted by Gasteiger charge is -2.40.